The van der Waals surface area contributed by atoms with Crippen molar-refractivity contribution in [3.8, 4) is 5.75 Å². The van der Waals surface area contributed by atoms with E-state index in [-0.39, 0.29) is 0 Å². The first-order valence-electron chi connectivity index (χ1n) is 5.32. The molecule has 1 heterocycles. The van der Waals surface area contributed by atoms with E-state index in [1.54, 1.807) is 6.26 Å². The van der Waals surface area contributed by atoms with Gasteiger partial charge in [-0.1, -0.05) is 28.1 Å². The minimum absolute atomic E-state index is 0.873. The maximum atomic E-state index is 5.47. The van der Waals surface area contributed by atoms with Gasteiger partial charge in [-0.15, -0.1) is 0 Å². The van der Waals surface area contributed by atoms with Crippen LogP contribution in [0.2, 0.25) is 0 Å². The molecule has 3 heteroatoms. The number of rotatable bonds is 1. The van der Waals surface area contributed by atoms with Crippen LogP contribution in [0, 0.1) is 0 Å². The Hall–Kier alpha value is -1.74. The third-order valence-electron chi connectivity index (χ3n) is 2.63. The average molecular weight is 288 g/mol. The van der Waals surface area contributed by atoms with Gasteiger partial charge in [0, 0.05) is 16.4 Å². The highest BCUT2D eigenvalue weighted by Gasteiger charge is 2.14. The monoisotopic (exact) mass is 287 g/mol. The van der Waals surface area contributed by atoms with Gasteiger partial charge in [0.05, 0.1) is 5.69 Å². The van der Waals surface area contributed by atoms with Gasteiger partial charge in [0.1, 0.15) is 6.26 Å². The topological polar surface area (TPSA) is 12.5 Å². The maximum Gasteiger partial charge on any atom is 0.150 e. The van der Waals surface area contributed by atoms with Gasteiger partial charge in [-0.05, 0) is 36.4 Å². The molecule has 0 saturated carbocycles. The van der Waals surface area contributed by atoms with Crippen molar-refractivity contribution in [2.24, 2.45) is 0 Å². The number of hydrogen-bond donors (Lipinski definition) is 0. The Bertz CT molecular complexity index is 563. The van der Waals surface area contributed by atoms with E-state index in [0.29, 0.717) is 0 Å². The fraction of sp³-hybridized carbons (Fsp3) is 0. The molecule has 0 N–H and O–H groups in total. The van der Waals surface area contributed by atoms with Gasteiger partial charge in [-0.2, -0.15) is 0 Å². The number of nitrogens with zero attached hydrogens (tertiary/aromatic N) is 1. The molecular formula is C14H10BrNO. The van der Waals surface area contributed by atoms with Crippen LogP contribution >= 0.6 is 15.9 Å². The second kappa shape index (κ2) is 4.26. The lowest BCUT2D eigenvalue weighted by Crippen LogP contribution is -2.13. The molecule has 84 valence electrons. The van der Waals surface area contributed by atoms with Crippen molar-refractivity contribution >= 4 is 27.3 Å². The van der Waals surface area contributed by atoms with Gasteiger partial charge >= 0.3 is 0 Å². The number of fused-ring (bicyclic) bond motifs is 1. The first kappa shape index (κ1) is 10.4. The van der Waals surface area contributed by atoms with Crippen LogP contribution in [0.4, 0.5) is 11.4 Å². The molecule has 1 aliphatic heterocycles. The largest absolute Gasteiger partial charge is 0.461 e. The van der Waals surface area contributed by atoms with Crippen molar-refractivity contribution in [2.45, 2.75) is 0 Å². The van der Waals surface area contributed by atoms with Gasteiger partial charge in [0.25, 0.3) is 0 Å². The van der Waals surface area contributed by atoms with Crippen molar-refractivity contribution in [3.05, 3.63) is 65.5 Å². The van der Waals surface area contributed by atoms with Gasteiger partial charge in [-0.3, -0.25) is 0 Å². The molecule has 2 aromatic rings. The van der Waals surface area contributed by atoms with Gasteiger partial charge in [0.15, 0.2) is 5.75 Å². The molecular weight excluding hydrogens is 278 g/mol. The second-order valence-electron chi connectivity index (χ2n) is 3.72. The smallest absolute Gasteiger partial charge is 0.150 e. The third kappa shape index (κ3) is 1.94. The van der Waals surface area contributed by atoms with Crippen molar-refractivity contribution in [2.75, 3.05) is 4.90 Å². The Morgan fingerprint density at radius 1 is 0.941 bits per heavy atom. The van der Waals surface area contributed by atoms with Crippen molar-refractivity contribution in [3.63, 3.8) is 0 Å². The van der Waals surface area contributed by atoms with E-state index in [1.807, 2.05) is 42.6 Å². The van der Waals surface area contributed by atoms with Crippen LogP contribution < -0.4 is 9.64 Å². The number of ether oxygens (including phenoxy) is 1. The Labute approximate surface area is 108 Å². The highest BCUT2D eigenvalue weighted by Crippen LogP contribution is 2.36. The van der Waals surface area contributed by atoms with Crippen LogP contribution in [-0.4, -0.2) is 0 Å². The molecule has 0 saturated heterocycles. The summed E-state index contributed by atoms with van der Waals surface area (Å²) in [7, 11) is 0. The van der Waals surface area contributed by atoms with E-state index in [9.17, 15) is 0 Å². The molecule has 2 aromatic carbocycles. The highest BCUT2D eigenvalue weighted by molar-refractivity contribution is 9.10. The lowest BCUT2D eigenvalue weighted by atomic mass is 10.2. The molecule has 0 atom stereocenters. The molecule has 0 bridgehead atoms. The number of benzene rings is 2. The van der Waals surface area contributed by atoms with Gasteiger partial charge < -0.3 is 9.64 Å². The number of anilines is 2. The summed E-state index contributed by atoms with van der Waals surface area (Å²) in [4.78, 5) is 2.10. The Morgan fingerprint density at radius 3 is 2.53 bits per heavy atom. The summed E-state index contributed by atoms with van der Waals surface area (Å²) in [5.41, 5.74) is 2.16. The SMILES string of the molecule is Brc1ccc(N2C=COc3ccccc32)cc1. The van der Waals surface area contributed by atoms with Crippen LogP contribution in [0.1, 0.15) is 0 Å². The fourth-order valence-corrected chi connectivity index (χ4v) is 2.09. The number of para-hydroxylation sites is 2. The zero-order valence-electron chi connectivity index (χ0n) is 9.01. The van der Waals surface area contributed by atoms with Gasteiger partial charge in [0.2, 0.25) is 0 Å². The first-order valence-corrected chi connectivity index (χ1v) is 6.11. The predicted molar refractivity (Wildman–Crippen MR) is 72.5 cm³/mol. The van der Waals surface area contributed by atoms with E-state index in [1.165, 1.54) is 0 Å². The predicted octanol–water partition coefficient (Wildman–Crippen LogP) is 4.45. The van der Waals surface area contributed by atoms with Crippen molar-refractivity contribution in [1.29, 1.82) is 0 Å². The summed E-state index contributed by atoms with van der Waals surface area (Å²) in [6.45, 7) is 0. The van der Waals surface area contributed by atoms with Crippen LogP contribution in [0.3, 0.4) is 0 Å². The van der Waals surface area contributed by atoms with E-state index in [4.69, 9.17) is 4.74 Å². The molecule has 2 nitrogen and oxygen atoms in total. The summed E-state index contributed by atoms with van der Waals surface area (Å²) in [6.07, 6.45) is 3.62. The Balaban J connectivity index is 2.06. The fourth-order valence-electron chi connectivity index (χ4n) is 1.83. The van der Waals surface area contributed by atoms with E-state index in [0.717, 1.165) is 21.6 Å². The summed E-state index contributed by atoms with van der Waals surface area (Å²) >= 11 is 3.44. The molecule has 0 unspecified atom stereocenters. The van der Waals surface area contributed by atoms with E-state index in [2.05, 4.69) is 33.0 Å². The molecule has 0 amide bonds. The number of hydrogen-bond acceptors (Lipinski definition) is 2. The summed E-state index contributed by atoms with van der Waals surface area (Å²) in [5, 5.41) is 0. The zero-order valence-corrected chi connectivity index (χ0v) is 10.6. The van der Waals surface area contributed by atoms with Crippen molar-refractivity contribution in [1.82, 2.24) is 0 Å². The van der Waals surface area contributed by atoms with Gasteiger partial charge in [-0.25, -0.2) is 0 Å². The molecule has 0 aromatic heterocycles. The number of halogens is 1. The second-order valence-corrected chi connectivity index (χ2v) is 4.63. The minimum Gasteiger partial charge on any atom is -0.461 e. The molecule has 1 aliphatic rings. The summed E-state index contributed by atoms with van der Waals surface area (Å²) in [5.74, 6) is 0.873. The molecule has 3 rings (SSSR count). The molecule has 0 radical (unpaired) electrons. The Kier molecular flexibility index (Phi) is 2.61. The lowest BCUT2D eigenvalue weighted by molar-refractivity contribution is 0.473. The summed E-state index contributed by atoms with van der Waals surface area (Å²) < 4.78 is 6.54. The molecule has 0 fully saturated rings. The maximum absolute atomic E-state index is 5.47. The normalized spacial score (nSPS) is 13.1. The average Bonchev–Trinajstić information content (AvgIpc) is 2.39. The van der Waals surface area contributed by atoms with Crippen LogP contribution in [0.15, 0.2) is 65.5 Å². The van der Waals surface area contributed by atoms with E-state index < -0.39 is 0 Å². The highest BCUT2D eigenvalue weighted by atomic mass is 79.9. The molecule has 0 spiro atoms. The van der Waals surface area contributed by atoms with Crippen LogP contribution in [0.25, 0.3) is 0 Å². The standard InChI is InChI=1S/C14H10BrNO/c15-11-5-7-12(8-6-11)16-9-10-17-14-4-2-1-3-13(14)16/h1-10H. The van der Waals surface area contributed by atoms with Crippen LogP contribution in [-0.2, 0) is 0 Å². The molecule has 0 aliphatic carbocycles. The van der Waals surface area contributed by atoms with Crippen LogP contribution in [0.5, 0.6) is 5.75 Å². The third-order valence-corrected chi connectivity index (χ3v) is 3.16. The quantitative estimate of drug-likeness (QED) is 0.768. The van der Waals surface area contributed by atoms with Crippen molar-refractivity contribution < 1.29 is 4.74 Å². The van der Waals surface area contributed by atoms with E-state index >= 15 is 0 Å². The first-order chi connectivity index (χ1) is 8.34. The minimum atomic E-state index is 0.873. The Morgan fingerprint density at radius 2 is 1.71 bits per heavy atom. The lowest BCUT2D eigenvalue weighted by Gasteiger charge is -2.25. The summed E-state index contributed by atoms with van der Waals surface area (Å²) in [6, 6.07) is 16.2. The molecule has 17 heavy (non-hydrogen) atoms. The zero-order chi connectivity index (χ0) is 11.7.